The third kappa shape index (κ3) is 2.13. The van der Waals surface area contributed by atoms with Gasteiger partial charge in [0.05, 0.1) is 11.7 Å². The van der Waals surface area contributed by atoms with E-state index in [1.165, 1.54) is 5.56 Å². The summed E-state index contributed by atoms with van der Waals surface area (Å²) in [6.07, 6.45) is 2.74. The lowest BCUT2D eigenvalue weighted by Gasteiger charge is -2.43. The smallest absolute Gasteiger partial charge is 0.0946 e. The maximum Gasteiger partial charge on any atom is 0.0946 e. The van der Waals surface area contributed by atoms with Gasteiger partial charge in [0.15, 0.2) is 0 Å². The van der Waals surface area contributed by atoms with Crippen LogP contribution in [0.5, 0.6) is 0 Å². The normalized spacial score (nSPS) is 28.8. The Morgan fingerprint density at radius 2 is 1.88 bits per heavy atom. The van der Waals surface area contributed by atoms with E-state index in [1.54, 1.807) is 0 Å². The summed E-state index contributed by atoms with van der Waals surface area (Å²) in [5, 5.41) is 10.4. The number of hydrogen-bond acceptors (Lipinski definition) is 2. The van der Waals surface area contributed by atoms with Gasteiger partial charge >= 0.3 is 0 Å². The molecule has 0 unspecified atom stereocenters. The lowest BCUT2D eigenvalue weighted by atomic mass is 9.72. The molecule has 1 aliphatic rings. The lowest BCUT2D eigenvalue weighted by molar-refractivity contribution is -0.142. The average molecular weight is 220 g/mol. The van der Waals surface area contributed by atoms with Crippen LogP contribution >= 0.6 is 0 Å². The minimum Gasteiger partial charge on any atom is -0.385 e. The van der Waals surface area contributed by atoms with Gasteiger partial charge in [0, 0.05) is 19.4 Å². The molecule has 2 rings (SSSR count). The van der Waals surface area contributed by atoms with Gasteiger partial charge in [0.25, 0.3) is 0 Å². The highest BCUT2D eigenvalue weighted by Gasteiger charge is 2.44. The van der Waals surface area contributed by atoms with Crippen molar-refractivity contribution in [2.75, 3.05) is 6.61 Å². The van der Waals surface area contributed by atoms with E-state index in [2.05, 4.69) is 19.1 Å². The number of aryl methyl sites for hydroxylation is 1. The van der Waals surface area contributed by atoms with Crippen molar-refractivity contribution >= 4 is 0 Å². The quantitative estimate of drug-likeness (QED) is 0.845. The molecule has 1 aromatic rings. The average Bonchev–Trinajstić information content (AvgIpc) is 2.27. The molecular weight excluding hydrogens is 200 g/mol. The number of aliphatic hydroxyl groups is 1. The van der Waals surface area contributed by atoms with Gasteiger partial charge in [-0.15, -0.1) is 0 Å². The van der Waals surface area contributed by atoms with Crippen molar-refractivity contribution in [3.63, 3.8) is 0 Å². The molecule has 0 aromatic heterocycles. The zero-order valence-corrected chi connectivity index (χ0v) is 10.1. The summed E-state index contributed by atoms with van der Waals surface area (Å²) in [4.78, 5) is 0. The summed E-state index contributed by atoms with van der Waals surface area (Å²) in [5.41, 5.74) is 1.69. The lowest BCUT2D eigenvalue weighted by Crippen LogP contribution is -2.45. The number of hydrogen-bond donors (Lipinski definition) is 1. The van der Waals surface area contributed by atoms with Gasteiger partial charge in [-0.05, 0) is 24.5 Å². The molecule has 0 heterocycles. The molecule has 1 aliphatic carbocycles. The molecule has 2 heteroatoms. The third-order valence-corrected chi connectivity index (χ3v) is 3.43. The van der Waals surface area contributed by atoms with E-state index in [0.29, 0.717) is 0 Å². The van der Waals surface area contributed by atoms with Gasteiger partial charge in [0.2, 0.25) is 0 Å². The first-order valence-corrected chi connectivity index (χ1v) is 6.11. The van der Waals surface area contributed by atoms with E-state index in [4.69, 9.17) is 4.74 Å². The fourth-order valence-electron chi connectivity index (χ4n) is 2.33. The van der Waals surface area contributed by atoms with Gasteiger partial charge in [-0.1, -0.05) is 31.2 Å². The van der Waals surface area contributed by atoms with Crippen LogP contribution in [0.1, 0.15) is 37.8 Å². The van der Waals surface area contributed by atoms with E-state index < -0.39 is 5.60 Å². The minimum absolute atomic E-state index is 0.237. The highest BCUT2D eigenvalue weighted by molar-refractivity contribution is 5.29. The highest BCUT2D eigenvalue weighted by atomic mass is 16.5. The zero-order valence-electron chi connectivity index (χ0n) is 10.1. The predicted molar refractivity (Wildman–Crippen MR) is 64.4 cm³/mol. The van der Waals surface area contributed by atoms with Crippen LogP contribution in [-0.2, 0) is 16.8 Å². The van der Waals surface area contributed by atoms with Gasteiger partial charge in [0.1, 0.15) is 0 Å². The first-order valence-electron chi connectivity index (χ1n) is 6.11. The van der Waals surface area contributed by atoms with Crippen molar-refractivity contribution in [2.24, 2.45) is 0 Å². The van der Waals surface area contributed by atoms with Crippen LogP contribution in [0.2, 0.25) is 0 Å². The van der Waals surface area contributed by atoms with Crippen LogP contribution < -0.4 is 0 Å². The van der Waals surface area contributed by atoms with Crippen molar-refractivity contribution in [2.45, 2.75) is 44.8 Å². The van der Waals surface area contributed by atoms with Gasteiger partial charge < -0.3 is 9.84 Å². The van der Waals surface area contributed by atoms with Crippen LogP contribution in [0.3, 0.4) is 0 Å². The third-order valence-electron chi connectivity index (χ3n) is 3.43. The van der Waals surface area contributed by atoms with E-state index >= 15 is 0 Å². The Hall–Kier alpha value is -0.860. The summed E-state index contributed by atoms with van der Waals surface area (Å²) in [6, 6.07) is 8.28. The number of rotatable bonds is 4. The SMILES string of the molecule is CCOC1CC(O)(c2ccc(CC)cc2)C1. The Balaban J connectivity index is 2.02. The molecule has 0 saturated heterocycles. The summed E-state index contributed by atoms with van der Waals surface area (Å²) in [6.45, 7) is 4.86. The molecule has 0 amide bonds. The van der Waals surface area contributed by atoms with Crippen LogP contribution in [0.25, 0.3) is 0 Å². The first-order chi connectivity index (χ1) is 7.68. The maximum absolute atomic E-state index is 10.4. The van der Waals surface area contributed by atoms with Crippen molar-refractivity contribution in [1.82, 2.24) is 0 Å². The molecule has 1 saturated carbocycles. The van der Waals surface area contributed by atoms with Crippen molar-refractivity contribution in [1.29, 1.82) is 0 Å². The predicted octanol–water partition coefficient (Wildman–Crippen LogP) is 2.64. The molecule has 1 aromatic carbocycles. The molecule has 0 aliphatic heterocycles. The summed E-state index contributed by atoms with van der Waals surface area (Å²) in [5.74, 6) is 0. The summed E-state index contributed by atoms with van der Waals surface area (Å²) in [7, 11) is 0. The Morgan fingerprint density at radius 3 is 2.38 bits per heavy atom. The van der Waals surface area contributed by atoms with E-state index in [9.17, 15) is 5.11 Å². The van der Waals surface area contributed by atoms with E-state index in [1.807, 2.05) is 19.1 Å². The van der Waals surface area contributed by atoms with Crippen LogP contribution in [-0.4, -0.2) is 17.8 Å². The molecule has 2 nitrogen and oxygen atoms in total. The van der Waals surface area contributed by atoms with Crippen LogP contribution in [0, 0.1) is 0 Å². The van der Waals surface area contributed by atoms with E-state index in [-0.39, 0.29) is 6.10 Å². The molecule has 16 heavy (non-hydrogen) atoms. The van der Waals surface area contributed by atoms with Gasteiger partial charge in [-0.2, -0.15) is 0 Å². The molecule has 1 fully saturated rings. The standard InChI is InChI=1S/C14H20O2/c1-3-11-5-7-12(8-6-11)14(15)9-13(10-14)16-4-2/h5-8,13,15H,3-4,9-10H2,1-2H3. The largest absolute Gasteiger partial charge is 0.385 e. The Labute approximate surface area is 97.3 Å². The number of benzene rings is 1. The highest BCUT2D eigenvalue weighted by Crippen LogP contribution is 2.42. The maximum atomic E-state index is 10.4. The molecule has 0 radical (unpaired) electrons. The molecular formula is C14H20O2. The molecule has 88 valence electrons. The minimum atomic E-state index is -0.647. The van der Waals surface area contributed by atoms with Crippen LogP contribution in [0.4, 0.5) is 0 Å². The van der Waals surface area contributed by atoms with E-state index in [0.717, 1.165) is 31.4 Å². The van der Waals surface area contributed by atoms with Gasteiger partial charge in [-0.25, -0.2) is 0 Å². The fourth-order valence-corrected chi connectivity index (χ4v) is 2.33. The van der Waals surface area contributed by atoms with Crippen LogP contribution in [0.15, 0.2) is 24.3 Å². The molecule has 0 spiro atoms. The summed E-state index contributed by atoms with van der Waals surface area (Å²) < 4.78 is 5.48. The van der Waals surface area contributed by atoms with Crippen molar-refractivity contribution in [3.05, 3.63) is 35.4 Å². The first kappa shape index (κ1) is 11.6. The second-order valence-corrected chi connectivity index (χ2v) is 4.57. The molecule has 0 atom stereocenters. The van der Waals surface area contributed by atoms with Crippen molar-refractivity contribution < 1.29 is 9.84 Å². The Morgan fingerprint density at radius 1 is 1.25 bits per heavy atom. The second kappa shape index (κ2) is 4.56. The fraction of sp³-hybridized carbons (Fsp3) is 0.571. The molecule has 1 N–H and O–H groups in total. The zero-order chi connectivity index (χ0) is 11.6. The topological polar surface area (TPSA) is 29.5 Å². The second-order valence-electron chi connectivity index (χ2n) is 4.57. The summed E-state index contributed by atoms with van der Waals surface area (Å²) >= 11 is 0. The Bertz CT molecular complexity index is 336. The van der Waals surface area contributed by atoms with Gasteiger partial charge in [-0.3, -0.25) is 0 Å². The number of ether oxygens (including phenoxy) is 1. The monoisotopic (exact) mass is 220 g/mol. The Kier molecular flexibility index (Phi) is 3.31. The molecule has 0 bridgehead atoms. The van der Waals surface area contributed by atoms with Crippen molar-refractivity contribution in [3.8, 4) is 0 Å².